The lowest BCUT2D eigenvalue weighted by molar-refractivity contribution is -0.146. The van der Waals surface area contributed by atoms with E-state index in [2.05, 4.69) is 9.97 Å². The summed E-state index contributed by atoms with van der Waals surface area (Å²) in [5, 5.41) is 8.88. The minimum atomic E-state index is -0.999. The zero-order chi connectivity index (χ0) is 13.3. The third kappa shape index (κ3) is 2.32. The number of benzene rings is 1. The fourth-order valence-electron chi connectivity index (χ4n) is 1.66. The Bertz CT molecular complexity index is 618. The van der Waals surface area contributed by atoms with Crippen molar-refractivity contribution in [2.45, 2.75) is 20.0 Å². The Kier molecular flexibility index (Phi) is 3.01. The predicted molar refractivity (Wildman–Crippen MR) is 63.2 cm³/mol. The number of aromatic nitrogens is 2. The number of carboxylic acid groups (broad SMARTS) is 1. The molecule has 0 unspecified atom stereocenters. The Morgan fingerprint density at radius 1 is 1.44 bits per heavy atom. The number of carbonyl (C=O) groups is 2. The number of esters is 1. The number of aromatic carboxylic acids is 1. The van der Waals surface area contributed by atoms with Crippen molar-refractivity contribution in [1.29, 1.82) is 0 Å². The normalized spacial score (nSPS) is 12.3. The Balaban J connectivity index is 2.38. The topological polar surface area (TPSA) is 92.3 Å². The SMILES string of the molecule is CC(=O)O[C@H](C)c1nc2ccc(C(=O)O)cc2[nH]1. The molecule has 0 saturated carbocycles. The first-order valence-electron chi connectivity index (χ1n) is 5.37. The minimum Gasteiger partial charge on any atom is -0.478 e. The van der Waals surface area contributed by atoms with Gasteiger partial charge in [0, 0.05) is 6.92 Å². The first-order valence-corrected chi connectivity index (χ1v) is 5.37. The van der Waals surface area contributed by atoms with Crippen molar-refractivity contribution < 1.29 is 19.4 Å². The van der Waals surface area contributed by atoms with Gasteiger partial charge in [-0.25, -0.2) is 9.78 Å². The largest absolute Gasteiger partial charge is 0.478 e. The summed E-state index contributed by atoms with van der Waals surface area (Å²) < 4.78 is 4.99. The van der Waals surface area contributed by atoms with E-state index in [0.29, 0.717) is 16.9 Å². The third-order valence-electron chi connectivity index (χ3n) is 2.47. The van der Waals surface area contributed by atoms with Crippen molar-refractivity contribution in [3.05, 3.63) is 29.6 Å². The van der Waals surface area contributed by atoms with Crippen molar-refractivity contribution in [1.82, 2.24) is 9.97 Å². The van der Waals surface area contributed by atoms with E-state index in [1.54, 1.807) is 13.0 Å². The van der Waals surface area contributed by atoms with Gasteiger partial charge in [0.1, 0.15) is 5.82 Å². The first kappa shape index (κ1) is 12.1. The van der Waals surface area contributed by atoms with Gasteiger partial charge in [0.05, 0.1) is 16.6 Å². The van der Waals surface area contributed by atoms with Crippen LogP contribution in [-0.4, -0.2) is 27.0 Å². The summed E-state index contributed by atoms with van der Waals surface area (Å²) in [7, 11) is 0. The number of H-pyrrole nitrogens is 1. The summed E-state index contributed by atoms with van der Waals surface area (Å²) in [5.74, 6) is -0.905. The number of imidazole rings is 1. The maximum Gasteiger partial charge on any atom is 0.335 e. The molecule has 0 amide bonds. The molecular weight excluding hydrogens is 236 g/mol. The highest BCUT2D eigenvalue weighted by Crippen LogP contribution is 2.19. The molecule has 0 saturated heterocycles. The highest BCUT2D eigenvalue weighted by molar-refractivity contribution is 5.92. The molecule has 94 valence electrons. The molecule has 1 aromatic heterocycles. The summed E-state index contributed by atoms with van der Waals surface area (Å²) in [4.78, 5) is 28.9. The molecule has 2 rings (SSSR count). The number of fused-ring (bicyclic) bond motifs is 1. The number of hydrogen-bond acceptors (Lipinski definition) is 4. The van der Waals surface area contributed by atoms with Gasteiger partial charge in [0.15, 0.2) is 6.10 Å². The van der Waals surface area contributed by atoms with Gasteiger partial charge in [-0.05, 0) is 25.1 Å². The standard InChI is InChI=1S/C12H12N2O4/c1-6(18-7(2)15)11-13-9-4-3-8(12(16)17)5-10(9)14-11/h3-6H,1-2H3,(H,13,14)(H,16,17)/t6-/m1/s1. The number of aromatic amines is 1. The maximum atomic E-state index is 10.8. The van der Waals surface area contributed by atoms with Crippen LogP contribution < -0.4 is 0 Å². The fraction of sp³-hybridized carbons (Fsp3) is 0.250. The van der Waals surface area contributed by atoms with Crippen LogP contribution in [0.5, 0.6) is 0 Å². The number of carboxylic acids is 1. The molecule has 0 bridgehead atoms. The lowest BCUT2D eigenvalue weighted by Crippen LogP contribution is -2.06. The second-order valence-electron chi connectivity index (χ2n) is 3.91. The zero-order valence-electron chi connectivity index (χ0n) is 9.93. The van der Waals surface area contributed by atoms with Gasteiger partial charge < -0.3 is 14.8 Å². The molecule has 6 nitrogen and oxygen atoms in total. The predicted octanol–water partition coefficient (Wildman–Crippen LogP) is 1.89. The van der Waals surface area contributed by atoms with Crippen LogP contribution in [0.2, 0.25) is 0 Å². The molecule has 2 N–H and O–H groups in total. The average Bonchev–Trinajstić information content (AvgIpc) is 2.70. The number of hydrogen-bond donors (Lipinski definition) is 2. The third-order valence-corrected chi connectivity index (χ3v) is 2.47. The summed E-state index contributed by atoms with van der Waals surface area (Å²) >= 11 is 0. The molecule has 0 aliphatic rings. The van der Waals surface area contributed by atoms with Crippen LogP contribution in [0.15, 0.2) is 18.2 Å². The van der Waals surface area contributed by atoms with Gasteiger partial charge in [-0.1, -0.05) is 0 Å². The maximum absolute atomic E-state index is 10.8. The van der Waals surface area contributed by atoms with Gasteiger partial charge >= 0.3 is 11.9 Å². The van der Waals surface area contributed by atoms with Crippen LogP contribution in [0.3, 0.4) is 0 Å². The minimum absolute atomic E-state index is 0.179. The number of rotatable bonds is 3. The molecule has 1 aromatic carbocycles. The molecule has 0 fully saturated rings. The summed E-state index contributed by atoms with van der Waals surface area (Å²) in [6.45, 7) is 3.01. The van der Waals surface area contributed by atoms with Gasteiger partial charge in [-0.2, -0.15) is 0 Å². The highest BCUT2D eigenvalue weighted by atomic mass is 16.5. The zero-order valence-corrected chi connectivity index (χ0v) is 9.93. The summed E-state index contributed by atoms with van der Waals surface area (Å²) in [5.41, 5.74) is 1.41. The van der Waals surface area contributed by atoms with Gasteiger partial charge in [-0.3, -0.25) is 4.79 Å². The molecule has 0 aliphatic heterocycles. The van der Waals surface area contributed by atoms with Crippen LogP contribution >= 0.6 is 0 Å². The van der Waals surface area contributed by atoms with Crippen molar-refractivity contribution in [2.24, 2.45) is 0 Å². The van der Waals surface area contributed by atoms with E-state index in [1.807, 2.05) is 0 Å². The molecule has 18 heavy (non-hydrogen) atoms. The van der Waals surface area contributed by atoms with E-state index in [9.17, 15) is 9.59 Å². The number of nitrogens with one attached hydrogen (secondary N) is 1. The van der Waals surface area contributed by atoms with E-state index in [-0.39, 0.29) is 5.56 Å². The molecule has 1 heterocycles. The van der Waals surface area contributed by atoms with Crippen molar-refractivity contribution in [3.63, 3.8) is 0 Å². The van der Waals surface area contributed by atoms with Gasteiger partial charge in [0.25, 0.3) is 0 Å². The van der Waals surface area contributed by atoms with Crippen molar-refractivity contribution in [3.8, 4) is 0 Å². The Morgan fingerprint density at radius 3 is 2.78 bits per heavy atom. The van der Waals surface area contributed by atoms with E-state index < -0.39 is 18.0 Å². The molecular formula is C12H12N2O4. The van der Waals surface area contributed by atoms with Crippen LogP contribution in [0.25, 0.3) is 11.0 Å². The second-order valence-corrected chi connectivity index (χ2v) is 3.91. The highest BCUT2D eigenvalue weighted by Gasteiger charge is 2.14. The van der Waals surface area contributed by atoms with Crippen molar-refractivity contribution in [2.75, 3.05) is 0 Å². The lowest BCUT2D eigenvalue weighted by atomic mass is 10.2. The van der Waals surface area contributed by atoms with Crippen LogP contribution in [-0.2, 0) is 9.53 Å². The van der Waals surface area contributed by atoms with Crippen LogP contribution in [0.4, 0.5) is 0 Å². The molecule has 0 aliphatic carbocycles. The van der Waals surface area contributed by atoms with Crippen molar-refractivity contribution >= 4 is 23.0 Å². The quantitative estimate of drug-likeness (QED) is 0.809. The van der Waals surface area contributed by atoms with Gasteiger partial charge in [-0.15, -0.1) is 0 Å². The molecule has 6 heteroatoms. The van der Waals surface area contributed by atoms with E-state index in [4.69, 9.17) is 9.84 Å². The number of carbonyl (C=O) groups excluding carboxylic acids is 1. The second kappa shape index (κ2) is 4.48. The Hall–Kier alpha value is -2.37. The fourth-order valence-corrected chi connectivity index (χ4v) is 1.66. The summed E-state index contributed by atoms with van der Waals surface area (Å²) in [6.07, 6.45) is -0.497. The average molecular weight is 248 g/mol. The van der Waals surface area contributed by atoms with Crippen LogP contribution in [0.1, 0.15) is 36.1 Å². The van der Waals surface area contributed by atoms with E-state index >= 15 is 0 Å². The number of nitrogens with zero attached hydrogens (tertiary/aromatic N) is 1. The Morgan fingerprint density at radius 2 is 2.17 bits per heavy atom. The van der Waals surface area contributed by atoms with Crippen LogP contribution in [0, 0.1) is 0 Å². The van der Waals surface area contributed by atoms with E-state index in [0.717, 1.165) is 0 Å². The summed E-state index contributed by atoms with van der Waals surface area (Å²) in [6, 6.07) is 4.58. The number of ether oxygens (including phenoxy) is 1. The molecule has 0 radical (unpaired) electrons. The Labute approximate surface area is 103 Å². The molecule has 0 spiro atoms. The van der Waals surface area contributed by atoms with E-state index in [1.165, 1.54) is 19.1 Å². The van der Waals surface area contributed by atoms with Gasteiger partial charge in [0.2, 0.25) is 0 Å². The lowest BCUT2D eigenvalue weighted by Gasteiger charge is -2.07. The smallest absolute Gasteiger partial charge is 0.335 e. The first-order chi connectivity index (χ1) is 8.47. The molecule has 2 aromatic rings. The molecule has 1 atom stereocenters. The monoisotopic (exact) mass is 248 g/mol.